The Labute approximate surface area is 27.3 Å². The van der Waals surface area contributed by atoms with Crippen LogP contribution in [-0.2, 0) is 0 Å². The molecular weight excluding hydrogens is 69.0 g/mol. The molecule has 0 bridgehead atoms. The van der Waals surface area contributed by atoms with Gasteiger partial charge in [-0.25, -0.2) is 0 Å². The Morgan fingerprint density at radius 3 is 2.00 bits per heavy atom. The Balaban J connectivity index is 2.80. The summed E-state index contributed by atoms with van der Waals surface area (Å²) in [6.07, 6.45) is 3.52. The molecule has 0 aliphatic carbocycles. The van der Waals surface area contributed by atoms with Crippen molar-refractivity contribution >= 4 is 14.0 Å². The summed E-state index contributed by atoms with van der Waals surface area (Å²) in [5, 5.41) is 0. The minimum absolute atomic E-state index is 0.630. The first-order valence-corrected chi connectivity index (χ1v) is 3.43. The molecule has 0 aromatic heterocycles. The summed E-state index contributed by atoms with van der Waals surface area (Å²) in [5.41, 5.74) is 5.10. The largest absolute Gasteiger partial charge is 0.313 e. The van der Waals surface area contributed by atoms with Crippen LogP contribution in [-0.4, -0.2) is 13.0 Å². The lowest BCUT2D eigenvalue weighted by atomic mass is 11.9. The van der Waals surface area contributed by atoms with Gasteiger partial charge in [0.05, 0.1) is 0 Å². The van der Waals surface area contributed by atoms with Gasteiger partial charge in [-0.2, -0.15) is 0 Å². The molecule has 0 saturated heterocycles. The molecular formula is C2H8NP. The van der Waals surface area contributed by atoms with E-state index in [1.165, 1.54) is 0 Å². The van der Waals surface area contributed by atoms with E-state index in [1.54, 1.807) is 0 Å². The highest BCUT2D eigenvalue weighted by molar-refractivity contribution is 7.52. The van der Waals surface area contributed by atoms with Gasteiger partial charge >= 0.3 is 0 Å². The van der Waals surface area contributed by atoms with Crippen LogP contribution in [0.1, 0.15) is 0 Å². The minimum atomic E-state index is -0.630. The molecule has 0 amide bonds. The van der Waals surface area contributed by atoms with Crippen LogP contribution in [0, 0.1) is 0 Å². The molecule has 0 aliphatic heterocycles. The summed E-state index contributed by atoms with van der Waals surface area (Å²) in [6, 6.07) is 0. The molecule has 0 spiro atoms. The third kappa shape index (κ3) is 53.1. The normalized spacial score (nSPS) is 15.5. The van der Waals surface area contributed by atoms with Crippen molar-refractivity contribution in [1.82, 2.24) is 0 Å². The molecule has 1 unspecified atom stereocenters. The van der Waals surface area contributed by atoms with Gasteiger partial charge < -0.3 is 5.50 Å². The molecule has 0 heterocycles. The summed E-state index contributed by atoms with van der Waals surface area (Å²) in [6.45, 7) is 1.94. The predicted octanol–water partition coefficient (Wildman–Crippen LogP) is 0.136. The van der Waals surface area contributed by atoms with E-state index in [4.69, 9.17) is 5.50 Å². The molecule has 0 aliphatic rings. The standard InChI is InChI=1S/C2H8NP/c1-4(2)3/h4H,1,3H2,2H3. The number of hydrogen-bond donors (Lipinski definition) is 1. The first-order valence-electron chi connectivity index (χ1n) is 1.14. The monoisotopic (exact) mass is 77.0 g/mol. The quantitative estimate of drug-likeness (QED) is 0.409. The molecule has 2 heteroatoms. The van der Waals surface area contributed by atoms with Gasteiger partial charge in [0.1, 0.15) is 0 Å². The van der Waals surface area contributed by atoms with Crippen molar-refractivity contribution in [3.05, 3.63) is 0 Å². The fourth-order valence-electron chi connectivity index (χ4n) is 0. The Kier molecular flexibility index (Phi) is 1.67. The van der Waals surface area contributed by atoms with Crippen LogP contribution >= 0.6 is 7.70 Å². The van der Waals surface area contributed by atoms with Crippen LogP contribution < -0.4 is 5.50 Å². The number of nitrogens with two attached hydrogens (primary N) is 1. The second-order valence-electron chi connectivity index (χ2n) is 0.846. The van der Waals surface area contributed by atoms with Crippen molar-refractivity contribution in [3.63, 3.8) is 0 Å². The van der Waals surface area contributed by atoms with E-state index in [9.17, 15) is 0 Å². The molecule has 1 atom stereocenters. The van der Waals surface area contributed by atoms with Gasteiger partial charge in [-0.3, -0.25) is 0 Å². The van der Waals surface area contributed by atoms with Crippen molar-refractivity contribution < 1.29 is 0 Å². The maximum atomic E-state index is 5.10. The van der Waals surface area contributed by atoms with Crippen molar-refractivity contribution in [2.45, 2.75) is 0 Å². The van der Waals surface area contributed by atoms with Crippen LogP contribution in [0.15, 0.2) is 0 Å². The average molecular weight is 77.1 g/mol. The Hall–Kier alpha value is 0.260. The van der Waals surface area contributed by atoms with Gasteiger partial charge in [0, 0.05) is 0 Å². The van der Waals surface area contributed by atoms with E-state index in [0.29, 0.717) is 0 Å². The van der Waals surface area contributed by atoms with Gasteiger partial charge in [0.2, 0.25) is 0 Å². The molecule has 0 radical (unpaired) electrons. The molecule has 0 aromatic rings. The third-order valence-electron chi connectivity index (χ3n) is 0. The molecule has 0 aromatic carbocycles. The summed E-state index contributed by atoms with van der Waals surface area (Å²) in [5.74, 6) is 0. The highest BCUT2D eigenvalue weighted by Crippen LogP contribution is 1.91. The zero-order valence-corrected chi connectivity index (χ0v) is 3.78. The second kappa shape index (κ2) is 1.57. The zero-order chi connectivity index (χ0) is 3.58. The van der Waals surface area contributed by atoms with E-state index in [2.05, 4.69) is 6.30 Å². The molecule has 0 rings (SSSR count). The van der Waals surface area contributed by atoms with Gasteiger partial charge in [-0.15, -0.1) is 0 Å². The molecule has 0 fully saturated rings. The van der Waals surface area contributed by atoms with Gasteiger partial charge in [-0.1, -0.05) is 14.0 Å². The molecule has 0 saturated carbocycles. The van der Waals surface area contributed by atoms with Gasteiger partial charge in [-0.05, 0) is 6.66 Å². The van der Waals surface area contributed by atoms with Crippen LogP contribution in [0.2, 0.25) is 0 Å². The Bertz CT molecular complexity index is 29.0. The van der Waals surface area contributed by atoms with E-state index < -0.39 is 7.70 Å². The summed E-state index contributed by atoms with van der Waals surface area (Å²) in [7, 11) is -0.630. The minimum Gasteiger partial charge on any atom is -0.313 e. The van der Waals surface area contributed by atoms with Crippen molar-refractivity contribution in [2.24, 2.45) is 5.50 Å². The van der Waals surface area contributed by atoms with Crippen LogP contribution in [0.25, 0.3) is 0 Å². The van der Waals surface area contributed by atoms with E-state index in [-0.39, 0.29) is 0 Å². The first kappa shape index (κ1) is 4.26. The first-order chi connectivity index (χ1) is 1.73. The maximum absolute atomic E-state index is 5.10. The molecule has 1 nitrogen and oxygen atoms in total. The van der Waals surface area contributed by atoms with Crippen LogP contribution in [0.4, 0.5) is 0 Å². The Morgan fingerprint density at radius 2 is 2.00 bits per heavy atom. The smallest absolute Gasteiger partial charge is 0.0357 e. The number of rotatable bonds is 0. The van der Waals surface area contributed by atoms with Crippen molar-refractivity contribution in [1.29, 1.82) is 0 Å². The summed E-state index contributed by atoms with van der Waals surface area (Å²) in [4.78, 5) is 0. The lowest BCUT2D eigenvalue weighted by Crippen LogP contribution is -1.68. The highest BCUT2D eigenvalue weighted by atomic mass is 31.1. The molecule has 26 valence electrons. The summed E-state index contributed by atoms with van der Waals surface area (Å²) >= 11 is 0. The molecule has 2 N–H and O–H groups in total. The van der Waals surface area contributed by atoms with Gasteiger partial charge in [0.15, 0.2) is 0 Å². The predicted molar refractivity (Wildman–Crippen MR) is 25.5 cm³/mol. The number of hydrogen-bond acceptors (Lipinski definition) is 1. The highest BCUT2D eigenvalue weighted by Gasteiger charge is 1.47. The summed E-state index contributed by atoms with van der Waals surface area (Å²) < 4.78 is 0. The van der Waals surface area contributed by atoms with Crippen molar-refractivity contribution in [2.75, 3.05) is 6.66 Å². The van der Waals surface area contributed by atoms with Crippen LogP contribution in [0.3, 0.4) is 0 Å². The van der Waals surface area contributed by atoms with E-state index in [1.807, 2.05) is 6.66 Å². The second-order valence-corrected chi connectivity index (χ2v) is 2.54. The lowest BCUT2D eigenvalue weighted by Gasteiger charge is -1.70. The maximum Gasteiger partial charge on any atom is -0.0357 e. The van der Waals surface area contributed by atoms with E-state index in [0.717, 1.165) is 0 Å². The fourth-order valence-corrected chi connectivity index (χ4v) is 0. The van der Waals surface area contributed by atoms with E-state index >= 15 is 0 Å². The Morgan fingerprint density at radius 1 is 2.00 bits per heavy atom. The SMILES string of the molecule is C=[PH](C)N. The van der Waals surface area contributed by atoms with Crippen molar-refractivity contribution in [3.8, 4) is 0 Å². The van der Waals surface area contributed by atoms with Crippen LogP contribution in [0.5, 0.6) is 0 Å². The zero-order valence-electron chi connectivity index (χ0n) is 2.78. The lowest BCUT2D eigenvalue weighted by molar-refractivity contribution is 1.98. The molecule has 4 heavy (non-hydrogen) atoms. The fraction of sp³-hybridized carbons (Fsp3) is 0.500. The third-order valence-corrected chi connectivity index (χ3v) is 0. The van der Waals surface area contributed by atoms with Gasteiger partial charge in [0.25, 0.3) is 0 Å². The average Bonchev–Trinajstić information content (AvgIpc) is 0.811. The topological polar surface area (TPSA) is 26.0 Å².